The van der Waals surface area contributed by atoms with Gasteiger partial charge in [-0.2, -0.15) is 10.2 Å². The van der Waals surface area contributed by atoms with Gasteiger partial charge in [0, 0.05) is 41.0 Å². The van der Waals surface area contributed by atoms with E-state index in [0.29, 0.717) is 34.4 Å². The first-order valence-corrected chi connectivity index (χ1v) is 13.9. The van der Waals surface area contributed by atoms with Crippen LogP contribution in [0.25, 0.3) is 16.6 Å². The highest BCUT2D eigenvalue weighted by molar-refractivity contribution is 14.1. The Kier molecular flexibility index (Phi) is 6.55. The zero-order valence-corrected chi connectivity index (χ0v) is 22.5. The molecule has 6 rings (SSSR count). The maximum Gasteiger partial charge on any atom is 0.261 e. The number of nitrogens with one attached hydrogen (secondary N) is 1. The molecule has 9 nitrogen and oxygen atoms in total. The third-order valence-corrected chi connectivity index (χ3v) is 8.55. The lowest BCUT2D eigenvalue weighted by molar-refractivity contribution is 0.102. The smallest absolute Gasteiger partial charge is 0.261 e. The first-order valence-electron chi connectivity index (χ1n) is 12.7. The van der Waals surface area contributed by atoms with Gasteiger partial charge < -0.3 is 15.0 Å². The molecular formula is C26H30IN7O2. The first kappa shape index (κ1) is 23.7. The standard InChI is InChI=1S/C26H30IN7O2/c1-17(27)18-3-5-20(6-4-18)34-16-19-13-23(24(14-22(19)31-34)32-9-11-36-12-10-32)30-26(35)21-15-29-33-8-2-7-28-25(21)33/h2,7-8,13-18,20H,3-6,9-12H2,1H3,(H,30,35). The molecule has 0 spiro atoms. The van der Waals surface area contributed by atoms with Crippen molar-refractivity contribution in [1.29, 1.82) is 0 Å². The third-order valence-electron chi connectivity index (χ3n) is 7.53. The summed E-state index contributed by atoms with van der Waals surface area (Å²) in [6.45, 7) is 5.18. The lowest BCUT2D eigenvalue weighted by atomic mass is 9.84. The lowest BCUT2D eigenvalue weighted by Gasteiger charge is -2.30. The molecule has 1 saturated heterocycles. The van der Waals surface area contributed by atoms with Crippen molar-refractivity contribution in [2.24, 2.45) is 5.92 Å². The Morgan fingerprint density at radius 1 is 1.19 bits per heavy atom. The Morgan fingerprint density at radius 3 is 2.78 bits per heavy atom. The minimum atomic E-state index is -0.226. The highest BCUT2D eigenvalue weighted by Gasteiger charge is 2.26. The van der Waals surface area contributed by atoms with Crippen LogP contribution in [0.2, 0.25) is 0 Å². The molecule has 3 aromatic heterocycles. The fraction of sp³-hybridized carbons (Fsp3) is 0.462. The minimum Gasteiger partial charge on any atom is -0.378 e. The molecule has 1 N–H and O–H groups in total. The summed E-state index contributed by atoms with van der Waals surface area (Å²) in [6.07, 6.45) is 12.0. The topological polar surface area (TPSA) is 89.6 Å². The number of halogens is 1. The zero-order chi connectivity index (χ0) is 24.6. The van der Waals surface area contributed by atoms with Crippen LogP contribution in [0.3, 0.4) is 0 Å². The van der Waals surface area contributed by atoms with E-state index in [0.717, 1.165) is 54.1 Å². The van der Waals surface area contributed by atoms with E-state index in [1.54, 1.807) is 29.2 Å². The number of hydrogen-bond acceptors (Lipinski definition) is 6. The van der Waals surface area contributed by atoms with Crippen molar-refractivity contribution in [3.63, 3.8) is 0 Å². The van der Waals surface area contributed by atoms with Crippen LogP contribution in [-0.2, 0) is 4.74 Å². The van der Waals surface area contributed by atoms with Gasteiger partial charge in [0.15, 0.2) is 5.65 Å². The van der Waals surface area contributed by atoms with E-state index in [4.69, 9.17) is 9.84 Å². The Hall–Kier alpha value is -2.73. The molecule has 1 atom stereocenters. The molecule has 1 aromatic carbocycles. The van der Waals surface area contributed by atoms with Crippen molar-refractivity contribution in [3.05, 3.63) is 48.5 Å². The summed E-state index contributed by atoms with van der Waals surface area (Å²) in [5.74, 6) is 0.576. The fourth-order valence-electron chi connectivity index (χ4n) is 5.44. The average Bonchev–Trinajstić information content (AvgIpc) is 3.53. The van der Waals surface area contributed by atoms with Gasteiger partial charge in [0.05, 0.1) is 42.3 Å². The molecule has 1 amide bonds. The number of rotatable bonds is 5. The van der Waals surface area contributed by atoms with Crippen LogP contribution in [0, 0.1) is 5.92 Å². The monoisotopic (exact) mass is 599 g/mol. The second-order valence-electron chi connectivity index (χ2n) is 9.78. The van der Waals surface area contributed by atoms with Crippen LogP contribution >= 0.6 is 22.6 Å². The number of carbonyl (C=O) groups is 1. The Labute approximate surface area is 223 Å². The second kappa shape index (κ2) is 9.97. The van der Waals surface area contributed by atoms with Crippen molar-refractivity contribution in [3.8, 4) is 0 Å². The highest BCUT2D eigenvalue weighted by atomic mass is 127. The van der Waals surface area contributed by atoms with Gasteiger partial charge in [-0.25, -0.2) is 9.50 Å². The summed E-state index contributed by atoms with van der Waals surface area (Å²) in [5, 5.41) is 13.4. The third kappa shape index (κ3) is 4.56. The number of morpholine rings is 1. The largest absolute Gasteiger partial charge is 0.378 e. The van der Waals surface area contributed by atoms with Crippen molar-refractivity contribution in [2.45, 2.75) is 42.6 Å². The predicted octanol–water partition coefficient (Wildman–Crippen LogP) is 4.72. The van der Waals surface area contributed by atoms with Crippen molar-refractivity contribution < 1.29 is 9.53 Å². The van der Waals surface area contributed by atoms with Crippen LogP contribution in [0.1, 0.15) is 49.0 Å². The summed E-state index contributed by atoms with van der Waals surface area (Å²) in [5.41, 5.74) is 3.67. The Bertz CT molecular complexity index is 1380. The molecule has 2 fully saturated rings. The Balaban J connectivity index is 1.32. The van der Waals surface area contributed by atoms with E-state index in [1.165, 1.54) is 12.8 Å². The number of carbonyl (C=O) groups excluding carboxylic acids is 1. The quantitative estimate of drug-likeness (QED) is 0.264. The van der Waals surface area contributed by atoms with Gasteiger partial charge in [-0.3, -0.25) is 9.48 Å². The number of fused-ring (bicyclic) bond motifs is 2. The first-order chi connectivity index (χ1) is 17.6. The summed E-state index contributed by atoms with van der Waals surface area (Å²) in [4.78, 5) is 19.9. The molecule has 1 unspecified atom stereocenters. The van der Waals surface area contributed by atoms with E-state index < -0.39 is 0 Å². The number of aromatic nitrogens is 5. The maximum atomic E-state index is 13.3. The molecule has 1 aliphatic heterocycles. The van der Waals surface area contributed by atoms with E-state index in [-0.39, 0.29) is 5.91 Å². The van der Waals surface area contributed by atoms with Gasteiger partial charge in [-0.15, -0.1) is 0 Å². The molecule has 1 saturated carbocycles. The molecule has 4 heterocycles. The summed E-state index contributed by atoms with van der Waals surface area (Å²) in [7, 11) is 0. The number of alkyl halides is 1. The Morgan fingerprint density at radius 2 is 2.00 bits per heavy atom. The number of nitrogens with zero attached hydrogens (tertiary/aromatic N) is 6. The van der Waals surface area contributed by atoms with Gasteiger partial charge in [0.1, 0.15) is 5.56 Å². The van der Waals surface area contributed by atoms with E-state index in [1.807, 2.05) is 0 Å². The fourth-order valence-corrected chi connectivity index (χ4v) is 6.15. The highest BCUT2D eigenvalue weighted by Crippen LogP contribution is 2.38. The molecular weight excluding hydrogens is 569 g/mol. The van der Waals surface area contributed by atoms with Crippen LogP contribution in [0.5, 0.6) is 0 Å². The molecule has 4 aromatic rings. The van der Waals surface area contributed by atoms with E-state index in [2.05, 4.69) is 72.8 Å². The molecule has 2 aliphatic rings. The van der Waals surface area contributed by atoms with E-state index >= 15 is 0 Å². The molecule has 0 radical (unpaired) electrons. The minimum absolute atomic E-state index is 0.226. The number of anilines is 2. The molecule has 36 heavy (non-hydrogen) atoms. The lowest BCUT2D eigenvalue weighted by Crippen LogP contribution is -2.36. The average molecular weight is 599 g/mol. The SMILES string of the molecule is CC(I)C1CCC(n2cc3cc(NC(=O)c4cnn5cccnc45)c(N4CCOCC4)cc3n2)CC1. The summed E-state index contributed by atoms with van der Waals surface area (Å²) < 4.78 is 10.1. The van der Waals surface area contributed by atoms with Crippen molar-refractivity contribution in [2.75, 3.05) is 36.5 Å². The van der Waals surface area contributed by atoms with Gasteiger partial charge in [-0.1, -0.05) is 29.5 Å². The van der Waals surface area contributed by atoms with Gasteiger partial charge in [-0.05, 0) is 49.8 Å². The number of benzene rings is 1. The predicted molar refractivity (Wildman–Crippen MR) is 148 cm³/mol. The van der Waals surface area contributed by atoms with Gasteiger partial charge >= 0.3 is 0 Å². The zero-order valence-electron chi connectivity index (χ0n) is 20.3. The second-order valence-corrected chi connectivity index (χ2v) is 11.7. The molecule has 0 bridgehead atoms. The number of hydrogen-bond donors (Lipinski definition) is 1. The maximum absolute atomic E-state index is 13.3. The summed E-state index contributed by atoms with van der Waals surface area (Å²) >= 11 is 2.56. The van der Waals surface area contributed by atoms with Crippen molar-refractivity contribution in [1.82, 2.24) is 24.4 Å². The summed E-state index contributed by atoms with van der Waals surface area (Å²) in [6, 6.07) is 6.39. The van der Waals surface area contributed by atoms with Crippen molar-refractivity contribution >= 4 is 56.4 Å². The molecule has 188 valence electrons. The molecule has 10 heteroatoms. The normalized spacial score (nSPS) is 21.7. The van der Waals surface area contributed by atoms with E-state index in [9.17, 15) is 4.79 Å². The van der Waals surface area contributed by atoms with Crippen LogP contribution in [-0.4, -0.2) is 60.5 Å². The van der Waals surface area contributed by atoms with Gasteiger partial charge in [0.25, 0.3) is 5.91 Å². The van der Waals surface area contributed by atoms with Gasteiger partial charge in [0.2, 0.25) is 0 Å². The number of ether oxygens (including phenoxy) is 1. The van der Waals surface area contributed by atoms with Crippen LogP contribution < -0.4 is 10.2 Å². The molecule has 1 aliphatic carbocycles. The van der Waals surface area contributed by atoms with Crippen LogP contribution in [0.4, 0.5) is 11.4 Å². The number of amides is 1. The van der Waals surface area contributed by atoms with Crippen LogP contribution in [0.15, 0.2) is 43.0 Å².